The van der Waals surface area contributed by atoms with Crippen LogP contribution in [0.1, 0.15) is 58.4 Å². The number of nitrogens with zero attached hydrogens (tertiary/aromatic N) is 1. The number of imide groups is 2. The van der Waals surface area contributed by atoms with E-state index < -0.39 is 23.8 Å². The number of hydrogen-bond donors (Lipinski definition) is 3. The van der Waals surface area contributed by atoms with E-state index in [9.17, 15) is 19.2 Å². The molecular formula is C21H24N4O4. The van der Waals surface area contributed by atoms with Crippen LogP contribution in [0.15, 0.2) is 18.2 Å². The number of nitrogens with one attached hydrogen (secondary N) is 3. The van der Waals surface area contributed by atoms with Gasteiger partial charge in [-0.05, 0) is 36.8 Å². The van der Waals surface area contributed by atoms with Crippen LogP contribution in [0.5, 0.6) is 0 Å². The summed E-state index contributed by atoms with van der Waals surface area (Å²) in [5.41, 5.74) is 1.49. The van der Waals surface area contributed by atoms with Gasteiger partial charge in [0.15, 0.2) is 0 Å². The average Bonchev–Trinajstić information content (AvgIpc) is 3.37. The number of benzene rings is 1. The standard InChI is InChI=1S/C21H24N4O4/c26-17-8-7-16(19(27)24-17)25-20(28)13-5-1-3-11(18(13)21(25)29)9-22-15-10-23-14-6-2-4-12(14)15/h1,3,5,12,14-16,22-23H,2,4,6-10H2,(H,24,26,27). The van der Waals surface area contributed by atoms with Gasteiger partial charge in [-0.15, -0.1) is 0 Å². The van der Waals surface area contributed by atoms with Crippen molar-refractivity contribution in [3.63, 3.8) is 0 Å². The molecule has 0 bridgehead atoms. The molecule has 4 amide bonds. The predicted octanol–water partition coefficient (Wildman–Crippen LogP) is 0.318. The first-order valence-electron chi connectivity index (χ1n) is 10.3. The zero-order chi connectivity index (χ0) is 20.1. The number of hydrogen-bond acceptors (Lipinski definition) is 6. The van der Waals surface area contributed by atoms with Crippen molar-refractivity contribution in [3.8, 4) is 0 Å². The maximum absolute atomic E-state index is 13.1. The molecule has 1 saturated carbocycles. The van der Waals surface area contributed by atoms with Gasteiger partial charge in [-0.3, -0.25) is 29.4 Å². The molecule has 2 saturated heterocycles. The van der Waals surface area contributed by atoms with Crippen LogP contribution in [0.4, 0.5) is 0 Å². The van der Waals surface area contributed by atoms with E-state index >= 15 is 0 Å². The van der Waals surface area contributed by atoms with Crippen LogP contribution in [-0.4, -0.2) is 53.2 Å². The lowest BCUT2D eigenvalue weighted by Gasteiger charge is -2.27. The van der Waals surface area contributed by atoms with E-state index in [0.29, 0.717) is 35.7 Å². The highest BCUT2D eigenvalue weighted by Gasteiger charge is 2.45. The summed E-state index contributed by atoms with van der Waals surface area (Å²) in [6.07, 6.45) is 3.96. The van der Waals surface area contributed by atoms with E-state index in [1.165, 1.54) is 19.3 Å². The molecule has 3 aliphatic heterocycles. The van der Waals surface area contributed by atoms with Gasteiger partial charge in [-0.1, -0.05) is 18.6 Å². The molecule has 4 unspecified atom stereocenters. The summed E-state index contributed by atoms with van der Waals surface area (Å²) >= 11 is 0. The fourth-order valence-corrected chi connectivity index (χ4v) is 5.35. The molecule has 3 N–H and O–H groups in total. The second-order valence-electron chi connectivity index (χ2n) is 8.38. The Morgan fingerprint density at radius 2 is 1.93 bits per heavy atom. The first-order chi connectivity index (χ1) is 14.0. The van der Waals surface area contributed by atoms with Crippen molar-refractivity contribution in [1.82, 2.24) is 20.9 Å². The Bertz CT molecular complexity index is 914. The summed E-state index contributed by atoms with van der Waals surface area (Å²) in [7, 11) is 0. The Balaban J connectivity index is 1.36. The molecule has 1 aliphatic carbocycles. The Hall–Kier alpha value is -2.58. The molecule has 3 heterocycles. The molecule has 8 heteroatoms. The van der Waals surface area contributed by atoms with Gasteiger partial charge in [0.1, 0.15) is 6.04 Å². The first-order valence-corrected chi connectivity index (χ1v) is 10.3. The fraction of sp³-hybridized carbons (Fsp3) is 0.524. The Morgan fingerprint density at radius 1 is 1.07 bits per heavy atom. The summed E-state index contributed by atoms with van der Waals surface area (Å²) < 4.78 is 0. The molecule has 3 fully saturated rings. The predicted molar refractivity (Wildman–Crippen MR) is 103 cm³/mol. The third-order valence-corrected chi connectivity index (χ3v) is 6.80. The maximum Gasteiger partial charge on any atom is 0.262 e. The van der Waals surface area contributed by atoms with Crippen molar-refractivity contribution < 1.29 is 19.2 Å². The summed E-state index contributed by atoms with van der Waals surface area (Å²) in [5.74, 6) is -1.24. The molecule has 5 rings (SSSR count). The second kappa shape index (κ2) is 7.03. The van der Waals surface area contributed by atoms with Gasteiger partial charge in [0.25, 0.3) is 11.8 Å². The Labute approximate surface area is 168 Å². The summed E-state index contributed by atoms with van der Waals surface area (Å²) in [5, 5.41) is 9.37. The zero-order valence-corrected chi connectivity index (χ0v) is 16.1. The molecule has 4 aliphatic rings. The van der Waals surface area contributed by atoms with Crippen LogP contribution in [0.25, 0.3) is 0 Å². The minimum absolute atomic E-state index is 0.120. The van der Waals surface area contributed by atoms with E-state index in [0.717, 1.165) is 17.0 Å². The molecule has 29 heavy (non-hydrogen) atoms. The van der Waals surface area contributed by atoms with Gasteiger partial charge < -0.3 is 10.6 Å². The topological polar surface area (TPSA) is 108 Å². The highest BCUT2D eigenvalue weighted by molar-refractivity contribution is 6.24. The zero-order valence-electron chi connectivity index (χ0n) is 16.1. The number of carbonyl (C=O) groups is 4. The lowest BCUT2D eigenvalue weighted by atomic mass is 9.98. The van der Waals surface area contributed by atoms with Crippen molar-refractivity contribution >= 4 is 23.6 Å². The van der Waals surface area contributed by atoms with Crippen LogP contribution >= 0.6 is 0 Å². The fourth-order valence-electron chi connectivity index (χ4n) is 5.35. The molecule has 1 aromatic rings. The highest BCUT2D eigenvalue weighted by Crippen LogP contribution is 2.33. The summed E-state index contributed by atoms with van der Waals surface area (Å²) in [6.45, 7) is 1.42. The number of piperidine rings is 1. The van der Waals surface area contributed by atoms with Gasteiger partial charge in [-0.25, -0.2) is 0 Å². The van der Waals surface area contributed by atoms with Gasteiger partial charge in [0.2, 0.25) is 11.8 Å². The van der Waals surface area contributed by atoms with Crippen LogP contribution < -0.4 is 16.0 Å². The van der Waals surface area contributed by atoms with Crippen molar-refractivity contribution in [1.29, 1.82) is 0 Å². The van der Waals surface area contributed by atoms with Crippen molar-refractivity contribution in [2.45, 2.75) is 56.8 Å². The lowest BCUT2D eigenvalue weighted by Crippen LogP contribution is -2.54. The van der Waals surface area contributed by atoms with Gasteiger partial charge >= 0.3 is 0 Å². The second-order valence-corrected chi connectivity index (χ2v) is 8.38. The van der Waals surface area contributed by atoms with Crippen LogP contribution in [0.2, 0.25) is 0 Å². The minimum Gasteiger partial charge on any atom is -0.312 e. The SMILES string of the molecule is O=C1CCC(N2C(=O)c3cccc(CNC4CNC5CCCC54)c3C2=O)C(=O)N1. The van der Waals surface area contributed by atoms with Gasteiger partial charge in [0.05, 0.1) is 11.1 Å². The quantitative estimate of drug-likeness (QED) is 0.633. The summed E-state index contributed by atoms with van der Waals surface area (Å²) in [6, 6.07) is 5.28. The molecule has 0 aromatic heterocycles. The minimum atomic E-state index is -0.931. The van der Waals surface area contributed by atoms with E-state index in [2.05, 4.69) is 16.0 Å². The maximum atomic E-state index is 13.1. The van der Waals surface area contributed by atoms with Crippen molar-refractivity contribution in [3.05, 3.63) is 34.9 Å². The molecule has 8 nitrogen and oxygen atoms in total. The molecular weight excluding hydrogens is 372 g/mol. The largest absolute Gasteiger partial charge is 0.312 e. The number of rotatable bonds is 4. The number of carbonyl (C=O) groups excluding carboxylic acids is 4. The van der Waals surface area contributed by atoms with Crippen LogP contribution in [0, 0.1) is 5.92 Å². The van der Waals surface area contributed by atoms with Gasteiger partial charge in [0, 0.05) is 31.6 Å². The van der Waals surface area contributed by atoms with Gasteiger partial charge in [-0.2, -0.15) is 0 Å². The Morgan fingerprint density at radius 3 is 2.76 bits per heavy atom. The monoisotopic (exact) mass is 396 g/mol. The van der Waals surface area contributed by atoms with E-state index in [4.69, 9.17) is 0 Å². The Kier molecular flexibility index (Phi) is 4.48. The molecule has 4 atom stereocenters. The smallest absolute Gasteiger partial charge is 0.262 e. The normalized spacial score (nSPS) is 31.2. The van der Waals surface area contributed by atoms with Crippen molar-refractivity contribution in [2.24, 2.45) is 5.92 Å². The highest BCUT2D eigenvalue weighted by atomic mass is 16.2. The lowest BCUT2D eigenvalue weighted by molar-refractivity contribution is -0.136. The van der Waals surface area contributed by atoms with E-state index in [1.54, 1.807) is 12.1 Å². The molecule has 1 aromatic carbocycles. The number of fused-ring (bicyclic) bond motifs is 2. The van der Waals surface area contributed by atoms with Crippen molar-refractivity contribution in [2.75, 3.05) is 6.54 Å². The number of amides is 4. The average molecular weight is 396 g/mol. The third kappa shape index (κ3) is 2.98. The van der Waals surface area contributed by atoms with Crippen LogP contribution in [-0.2, 0) is 16.1 Å². The molecule has 0 spiro atoms. The van der Waals surface area contributed by atoms with Crippen LogP contribution in [0.3, 0.4) is 0 Å². The molecule has 152 valence electrons. The van der Waals surface area contributed by atoms with E-state index in [-0.39, 0.29) is 18.7 Å². The van der Waals surface area contributed by atoms with E-state index in [1.807, 2.05) is 6.07 Å². The molecule has 0 radical (unpaired) electrons. The summed E-state index contributed by atoms with van der Waals surface area (Å²) in [4.78, 5) is 50.7. The first kappa shape index (κ1) is 18.4. The third-order valence-electron chi connectivity index (χ3n) is 6.80.